The molecule has 1 aromatic carbocycles. The van der Waals surface area contributed by atoms with Gasteiger partial charge in [-0.1, -0.05) is 36.5 Å². The number of carbonyl (C=O) groups is 2. The number of rotatable bonds is 17. The van der Waals surface area contributed by atoms with Crippen molar-refractivity contribution in [3.8, 4) is 0 Å². The van der Waals surface area contributed by atoms with E-state index in [-0.39, 0.29) is 24.3 Å². The molecule has 1 fully saturated rings. The van der Waals surface area contributed by atoms with E-state index in [9.17, 15) is 9.59 Å². The van der Waals surface area contributed by atoms with Gasteiger partial charge in [0.25, 0.3) is 0 Å². The molecular formula is C31H43N3O5Sn. The first-order valence-electron chi connectivity index (χ1n) is 13.9. The average Bonchev–Trinajstić information content (AvgIpc) is 3.66. The Labute approximate surface area is 242 Å². The van der Waals surface area contributed by atoms with Crippen molar-refractivity contribution in [2.45, 2.75) is 85.0 Å². The minimum absolute atomic E-state index is 0.151. The van der Waals surface area contributed by atoms with Crippen molar-refractivity contribution in [2.75, 3.05) is 7.11 Å². The van der Waals surface area contributed by atoms with Gasteiger partial charge in [-0.3, -0.25) is 4.79 Å². The van der Waals surface area contributed by atoms with Gasteiger partial charge >= 0.3 is 154 Å². The van der Waals surface area contributed by atoms with Crippen LogP contribution in [0.2, 0.25) is 14.8 Å². The molecule has 0 radical (unpaired) electrons. The first-order valence-corrected chi connectivity index (χ1v) is 23.9. The molecule has 1 aliphatic rings. The van der Waals surface area contributed by atoms with Gasteiger partial charge in [-0.25, -0.2) is 0 Å². The maximum atomic E-state index is 12.8. The van der Waals surface area contributed by atoms with Gasteiger partial charge in [-0.05, 0) is 12.8 Å². The van der Waals surface area contributed by atoms with Gasteiger partial charge in [0.15, 0.2) is 0 Å². The summed E-state index contributed by atoms with van der Waals surface area (Å²) < 4.78 is 17.1. The van der Waals surface area contributed by atoms with Gasteiger partial charge in [-0.2, -0.15) is 0 Å². The van der Waals surface area contributed by atoms with E-state index in [0.29, 0.717) is 17.7 Å². The van der Waals surface area contributed by atoms with Crippen LogP contribution < -0.4 is 3.58 Å². The van der Waals surface area contributed by atoms with Crippen molar-refractivity contribution in [2.24, 2.45) is 5.11 Å². The van der Waals surface area contributed by atoms with Crippen LogP contribution in [-0.4, -0.2) is 55.7 Å². The summed E-state index contributed by atoms with van der Waals surface area (Å²) in [4.78, 5) is 33.6. The molecule has 1 aliphatic heterocycles. The van der Waals surface area contributed by atoms with Gasteiger partial charge in [0.2, 0.25) is 0 Å². The first kappa shape index (κ1) is 33.4. The van der Waals surface area contributed by atoms with E-state index in [1.807, 2.05) is 49.4 Å². The Hall–Kier alpha value is -2.81. The maximum absolute atomic E-state index is 12.8. The number of ether oxygens (including phenoxy) is 3. The quantitative estimate of drug-likeness (QED) is 0.0197. The molecule has 0 saturated carbocycles. The Balaban J connectivity index is 1.62. The number of esters is 2. The fraction of sp³-hybridized carbons (Fsp3) is 0.484. The summed E-state index contributed by atoms with van der Waals surface area (Å²) in [5.41, 5.74) is 9.53. The molecule has 1 unspecified atom stereocenters. The molecule has 0 N–H and O–H groups in total. The van der Waals surface area contributed by atoms with Crippen molar-refractivity contribution >= 4 is 39.6 Å². The normalized spacial score (nSPS) is 17.9. The van der Waals surface area contributed by atoms with Crippen LogP contribution in [0.3, 0.4) is 0 Å². The van der Waals surface area contributed by atoms with E-state index < -0.39 is 24.3 Å². The number of hydrogen-bond acceptors (Lipinski definition) is 6. The van der Waals surface area contributed by atoms with Crippen LogP contribution in [0.1, 0.15) is 62.2 Å². The molecule has 8 nitrogen and oxygen atoms in total. The van der Waals surface area contributed by atoms with Gasteiger partial charge in [0.1, 0.15) is 6.10 Å². The molecule has 1 heterocycles. The second-order valence-electron chi connectivity index (χ2n) is 10.8. The minimum atomic E-state index is -2.40. The predicted octanol–water partition coefficient (Wildman–Crippen LogP) is 7.61. The number of carbonyl (C=O) groups excluding carboxylic acids is 2. The molecule has 0 aliphatic carbocycles. The van der Waals surface area contributed by atoms with E-state index in [1.165, 1.54) is 10.7 Å². The van der Waals surface area contributed by atoms with Crippen molar-refractivity contribution in [3.05, 3.63) is 82.8 Å². The number of methoxy groups -OCH3 is 1. The molecule has 0 bridgehead atoms. The van der Waals surface area contributed by atoms with Crippen LogP contribution in [0.5, 0.6) is 0 Å². The number of hydrogen-bond donors (Lipinski definition) is 0. The van der Waals surface area contributed by atoms with Crippen LogP contribution in [0, 0.1) is 0 Å². The van der Waals surface area contributed by atoms with Crippen LogP contribution >= 0.6 is 0 Å². The number of benzene rings is 1. The monoisotopic (exact) mass is 657 g/mol. The summed E-state index contributed by atoms with van der Waals surface area (Å²) in [6.07, 6.45) is 22.0. The molecule has 0 spiro atoms. The molecule has 216 valence electrons. The standard InChI is InChI=1S/C28H34N3O5.3CH3.Sn/c1-22(35-28(33)23-17-13-14-18-24(23)30-31-29)16-11-9-7-5-3-4-6-8-10-12-19-25-26(36-25)20-15-21-27(32)34-2;;;;/h4-8,10,12,14,17-19,22,25-26H,3,9,11,15-16,20-21H2,1-2H3;3*1H3;/b6-4-,7-5-,10-8+,19-12+;;;;/t22?,25-,26-;;;;/m0..../s1. The van der Waals surface area contributed by atoms with Crippen molar-refractivity contribution in [1.82, 2.24) is 0 Å². The summed E-state index contributed by atoms with van der Waals surface area (Å²) in [6.45, 7) is 1.89. The number of unbranched alkanes of at least 4 members (excludes halogenated alkanes) is 1. The van der Waals surface area contributed by atoms with Crippen molar-refractivity contribution in [3.63, 3.8) is 0 Å². The third-order valence-electron chi connectivity index (χ3n) is 6.45. The molecular weight excluding hydrogens is 613 g/mol. The Morgan fingerprint density at radius 3 is 2.62 bits per heavy atom. The van der Waals surface area contributed by atoms with Gasteiger partial charge < -0.3 is 9.47 Å². The van der Waals surface area contributed by atoms with Crippen LogP contribution in [0.25, 0.3) is 10.4 Å². The van der Waals surface area contributed by atoms with E-state index in [0.717, 1.165) is 38.5 Å². The third kappa shape index (κ3) is 13.0. The first-order chi connectivity index (χ1) is 19.2. The summed E-state index contributed by atoms with van der Waals surface area (Å²) in [7, 11) is 1.41. The van der Waals surface area contributed by atoms with E-state index in [2.05, 4.69) is 47.8 Å². The van der Waals surface area contributed by atoms with Crippen LogP contribution in [-0.2, 0) is 19.0 Å². The second kappa shape index (κ2) is 17.8. The summed E-state index contributed by atoms with van der Waals surface area (Å²) in [5.74, 6) is -0.607. The Kier molecular flexibility index (Phi) is 14.9. The fourth-order valence-electron chi connectivity index (χ4n) is 3.99. The molecule has 1 saturated heterocycles. The molecule has 0 aromatic heterocycles. The number of allylic oxidation sites excluding steroid dienone is 7. The van der Waals surface area contributed by atoms with E-state index >= 15 is 0 Å². The molecule has 0 amide bonds. The SMILES string of the molecule is COC(=O)CCC[C@@H]1O[C@H]1/C=C/C=C/C=C\C/C=C\CCCC(C)OC(=O)c1c[c]([Sn]([CH3])([CH3])[CH3])ccc1N=[N+]=[N-]. The molecule has 1 aromatic rings. The zero-order valence-electron chi connectivity index (χ0n) is 24.4. The third-order valence-corrected chi connectivity index (χ3v) is 12.3. The van der Waals surface area contributed by atoms with E-state index in [1.54, 1.807) is 6.07 Å². The average molecular weight is 656 g/mol. The zero-order valence-corrected chi connectivity index (χ0v) is 27.3. The van der Waals surface area contributed by atoms with Crippen LogP contribution in [0.4, 0.5) is 5.69 Å². The van der Waals surface area contributed by atoms with E-state index in [4.69, 9.17) is 15.0 Å². The summed E-state index contributed by atoms with van der Waals surface area (Å²) in [6, 6.07) is 5.54. The second-order valence-corrected chi connectivity index (χ2v) is 25.3. The predicted molar refractivity (Wildman–Crippen MR) is 163 cm³/mol. The molecule has 3 atom stereocenters. The number of epoxide rings is 1. The molecule has 9 heteroatoms. The molecule has 40 heavy (non-hydrogen) atoms. The summed E-state index contributed by atoms with van der Waals surface area (Å²) >= 11 is -2.40. The fourth-order valence-corrected chi connectivity index (χ4v) is 7.30. The van der Waals surface area contributed by atoms with Gasteiger partial charge in [0, 0.05) is 6.42 Å². The van der Waals surface area contributed by atoms with Gasteiger partial charge in [-0.15, -0.1) is 0 Å². The number of nitrogens with zero attached hydrogens (tertiary/aromatic N) is 3. The Morgan fingerprint density at radius 1 is 1.12 bits per heavy atom. The number of azide groups is 1. The van der Waals surface area contributed by atoms with Crippen molar-refractivity contribution in [1.29, 1.82) is 0 Å². The summed E-state index contributed by atoms with van der Waals surface area (Å²) in [5, 5.41) is 3.68. The molecule has 2 rings (SSSR count). The van der Waals surface area contributed by atoms with Crippen LogP contribution in [0.15, 0.2) is 71.9 Å². The van der Waals surface area contributed by atoms with Crippen molar-refractivity contribution < 1.29 is 23.8 Å². The Bertz CT molecular complexity index is 1150. The zero-order chi connectivity index (χ0) is 29.4. The Morgan fingerprint density at radius 2 is 1.90 bits per heavy atom. The topological polar surface area (TPSA) is 114 Å². The van der Waals surface area contributed by atoms with Gasteiger partial charge in [0.05, 0.1) is 13.2 Å².